The molecule has 1 aliphatic rings. The molecule has 0 amide bonds. The average Bonchev–Trinajstić information content (AvgIpc) is 2.59. The van der Waals surface area contributed by atoms with Crippen LogP contribution in [-0.4, -0.2) is 21.6 Å². The van der Waals surface area contributed by atoms with Crippen molar-refractivity contribution in [2.45, 2.75) is 51.5 Å². The van der Waals surface area contributed by atoms with E-state index in [2.05, 4.69) is 17.2 Å². The Balaban J connectivity index is 2.13. The van der Waals surface area contributed by atoms with Crippen molar-refractivity contribution in [3.8, 4) is 0 Å². The minimum Gasteiger partial charge on any atom is -0.477 e. The van der Waals surface area contributed by atoms with Crippen molar-refractivity contribution in [2.24, 2.45) is 0 Å². The molecular weight excluding hydrogens is 236 g/mol. The number of aromatic nitrogens is 1. The molecule has 17 heavy (non-hydrogen) atoms. The number of carbonyl (C=O) groups is 1. The van der Waals surface area contributed by atoms with E-state index in [4.69, 9.17) is 5.11 Å². The van der Waals surface area contributed by atoms with E-state index in [0.717, 1.165) is 18.0 Å². The van der Waals surface area contributed by atoms with E-state index in [0.29, 0.717) is 10.6 Å². The van der Waals surface area contributed by atoms with Gasteiger partial charge in [-0.05, 0) is 26.7 Å². The predicted molar refractivity (Wildman–Crippen MR) is 68.9 cm³/mol. The fourth-order valence-electron chi connectivity index (χ4n) is 2.36. The Morgan fingerprint density at radius 3 is 2.59 bits per heavy atom. The van der Waals surface area contributed by atoms with Crippen LogP contribution >= 0.6 is 11.3 Å². The van der Waals surface area contributed by atoms with Crippen molar-refractivity contribution < 1.29 is 9.90 Å². The first kappa shape index (κ1) is 12.4. The molecule has 1 fully saturated rings. The predicted octanol–water partition coefficient (Wildman–Crippen LogP) is 3.28. The highest BCUT2D eigenvalue weighted by Crippen LogP contribution is 2.33. The normalized spacial score (nSPS) is 18.9. The summed E-state index contributed by atoms with van der Waals surface area (Å²) in [4.78, 5) is 15.6. The summed E-state index contributed by atoms with van der Waals surface area (Å²) in [5, 5.41) is 13.1. The van der Waals surface area contributed by atoms with Gasteiger partial charge in [0.2, 0.25) is 0 Å². The zero-order chi connectivity index (χ0) is 12.5. The van der Waals surface area contributed by atoms with Crippen LogP contribution < -0.4 is 5.32 Å². The maximum absolute atomic E-state index is 10.9. The number of aromatic carboxylic acids is 1. The van der Waals surface area contributed by atoms with Crippen molar-refractivity contribution in [3.05, 3.63) is 10.6 Å². The molecule has 0 unspecified atom stereocenters. The molecule has 2 rings (SSSR count). The summed E-state index contributed by atoms with van der Waals surface area (Å²) in [5.41, 5.74) is 0.683. The van der Waals surface area contributed by atoms with Gasteiger partial charge in [-0.25, -0.2) is 9.78 Å². The Morgan fingerprint density at radius 1 is 1.41 bits per heavy atom. The zero-order valence-corrected chi connectivity index (χ0v) is 11.1. The molecular formula is C12H18N2O2S. The van der Waals surface area contributed by atoms with Crippen molar-refractivity contribution in [3.63, 3.8) is 0 Å². The molecule has 0 saturated heterocycles. The minimum absolute atomic E-state index is 0.0817. The second-order valence-corrected chi connectivity index (χ2v) is 5.98. The second kappa shape index (κ2) is 4.64. The number of hydrogen-bond donors (Lipinski definition) is 2. The number of aryl methyl sites for hydroxylation is 1. The quantitative estimate of drug-likeness (QED) is 0.869. The third-order valence-corrected chi connectivity index (χ3v) is 4.42. The summed E-state index contributed by atoms with van der Waals surface area (Å²) in [7, 11) is 0. The van der Waals surface area contributed by atoms with Gasteiger partial charge < -0.3 is 10.4 Å². The molecule has 5 heteroatoms. The number of carboxylic acids is 1. The van der Waals surface area contributed by atoms with Gasteiger partial charge in [0.15, 0.2) is 5.13 Å². The molecule has 1 aromatic rings. The molecule has 1 aromatic heterocycles. The van der Waals surface area contributed by atoms with E-state index < -0.39 is 5.97 Å². The van der Waals surface area contributed by atoms with Gasteiger partial charge in [-0.3, -0.25) is 0 Å². The summed E-state index contributed by atoms with van der Waals surface area (Å²) >= 11 is 1.24. The molecule has 4 nitrogen and oxygen atoms in total. The fourth-order valence-corrected chi connectivity index (χ4v) is 3.32. The maximum Gasteiger partial charge on any atom is 0.347 e. The van der Waals surface area contributed by atoms with E-state index in [9.17, 15) is 4.79 Å². The Morgan fingerprint density at radius 2 is 2.06 bits per heavy atom. The standard InChI is InChI=1S/C12H18N2O2S/c1-8-9(10(15)16)17-11(13-8)14-12(2)6-4-3-5-7-12/h3-7H2,1-2H3,(H,13,14)(H,15,16). The number of nitrogens with zero attached hydrogens (tertiary/aromatic N) is 1. The summed E-state index contributed by atoms with van der Waals surface area (Å²) in [5.74, 6) is -0.887. The van der Waals surface area contributed by atoms with Crippen LogP contribution in [-0.2, 0) is 0 Å². The highest BCUT2D eigenvalue weighted by Gasteiger charge is 2.28. The number of rotatable bonds is 3. The highest BCUT2D eigenvalue weighted by atomic mass is 32.1. The molecule has 94 valence electrons. The van der Waals surface area contributed by atoms with Gasteiger partial charge in [-0.1, -0.05) is 30.6 Å². The summed E-state index contributed by atoms with van der Waals surface area (Å²) in [6, 6.07) is 0. The van der Waals surface area contributed by atoms with Crippen molar-refractivity contribution in [1.82, 2.24) is 4.98 Å². The maximum atomic E-state index is 10.9. The number of carboxylic acid groups (broad SMARTS) is 1. The van der Waals surface area contributed by atoms with Crippen LogP contribution in [0.25, 0.3) is 0 Å². The molecule has 0 aromatic carbocycles. The van der Waals surface area contributed by atoms with Gasteiger partial charge in [0.25, 0.3) is 0 Å². The second-order valence-electron chi connectivity index (χ2n) is 4.99. The van der Waals surface area contributed by atoms with Gasteiger partial charge in [0, 0.05) is 5.54 Å². The Hall–Kier alpha value is -1.10. The molecule has 0 aliphatic heterocycles. The largest absolute Gasteiger partial charge is 0.477 e. The SMILES string of the molecule is Cc1nc(NC2(C)CCCCC2)sc1C(=O)O. The van der Waals surface area contributed by atoms with Crippen molar-refractivity contribution in [2.75, 3.05) is 5.32 Å². The Labute approximate surface area is 105 Å². The number of anilines is 1. The molecule has 0 bridgehead atoms. The Kier molecular flexibility index (Phi) is 3.38. The van der Waals surface area contributed by atoms with Gasteiger partial charge in [0.1, 0.15) is 4.88 Å². The molecule has 0 radical (unpaired) electrons. The lowest BCUT2D eigenvalue weighted by atomic mass is 9.83. The fraction of sp³-hybridized carbons (Fsp3) is 0.667. The van der Waals surface area contributed by atoms with E-state index in [1.165, 1.54) is 30.6 Å². The van der Waals surface area contributed by atoms with Crippen LogP contribution in [0, 0.1) is 6.92 Å². The zero-order valence-electron chi connectivity index (χ0n) is 10.2. The van der Waals surface area contributed by atoms with E-state index in [-0.39, 0.29) is 5.54 Å². The first-order valence-electron chi connectivity index (χ1n) is 5.99. The molecule has 1 aliphatic carbocycles. The van der Waals surface area contributed by atoms with Crippen LogP contribution in [0.2, 0.25) is 0 Å². The van der Waals surface area contributed by atoms with Crippen LogP contribution in [0.3, 0.4) is 0 Å². The Bertz CT molecular complexity index is 422. The van der Waals surface area contributed by atoms with Crippen LogP contribution in [0.5, 0.6) is 0 Å². The van der Waals surface area contributed by atoms with E-state index in [1.807, 2.05) is 0 Å². The topological polar surface area (TPSA) is 62.2 Å². The lowest BCUT2D eigenvalue weighted by molar-refractivity contribution is 0.0701. The van der Waals surface area contributed by atoms with Gasteiger partial charge >= 0.3 is 5.97 Å². The van der Waals surface area contributed by atoms with Gasteiger partial charge in [0.05, 0.1) is 5.69 Å². The lowest BCUT2D eigenvalue weighted by Crippen LogP contribution is -2.36. The van der Waals surface area contributed by atoms with Crippen molar-refractivity contribution >= 4 is 22.4 Å². The lowest BCUT2D eigenvalue weighted by Gasteiger charge is -2.34. The summed E-state index contributed by atoms with van der Waals surface area (Å²) < 4.78 is 0. The highest BCUT2D eigenvalue weighted by molar-refractivity contribution is 7.17. The third-order valence-electron chi connectivity index (χ3n) is 3.36. The van der Waals surface area contributed by atoms with Crippen LogP contribution in [0.1, 0.15) is 54.4 Å². The molecule has 2 N–H and O–H groups in total. The molecule has 1 saturated carbocycles. The monoisotopic (exact) mass is 254 g/mol. The van der Waals surface area contributed by atoms with Gasteiger partial charge in [-0.15, -0.1) is 0 Å². The van der Waals surface area contributed by atoms with Gasteiger partial charge in [-0.2, -0.15) is 0 Å². The number of nitrogens with one attached hydrogen (secondary N) is 1. The van der Waals surface area contributed by atoms with Crippen molar-refractivity contribution in [1.29, 1.82) is 0 Å². The molecule has 1 heterocycles. The average molecular weight is 254 g/mol. The molecule has 0 spiro atoms. The number of thiazole rings is 1. The summed E-state index contributed by atoms with van der Waals surface area (Å²) in [6.07, 6.45) is 6.04. The first-order chi connectivity index (χ1) is 8.00. The number of hydrogen-bond acceptors (Lipinski definition) is 4. The van der Waals surface area contributed by atoms with Crippen LogP contribution in [0.15, 0.2) is 0 Å². The smallest absolute Gasteiger partial charge is 0.347 e. The minimum atomic E-state index is -0.887. The van der Waals surface area contributed by atoms with E-state index >= 15 is 0 Å². The van der Waals surface area contributed by atoms with Crippen LogP contribution in [0.4, 0.5) is 5.13 Å². The molecule has 0 atom stereocenters. The van der Waals surface area contributed by atoms with E-state index in [1.54, 1.807) is 6.92 Å². The third kappa shape index (κ3) is 2.77. The first-order valence-corrected chi connectivity index (χ1v) is 6.81. The summed E-state index contributed by atoms with van der Waals surface area (Å²) in [6.45, 7) is 3.94.